The summed E-state index contributed by atoms with van der Waals surface area (Å²) in [5, 5.41) is 12.3. The number of hydrogen-bond acceptors (Lipinski definition) is 4. The zero-order valence-electron chi connectivity index (χ0n) is 12.1. The molecule has 2 aromatic rings. The van der Waals surface area contributed by atoms with Crippen molar-refractivity contribution >= 4 is 5.69 Å². The fourth-order valence-electron chi connectivity index (χ4n) is 3.20. The average Bonchev–Trinajstić information content (AvgIpc) is 2.86. The highest BCUT2D eigenvalue weighted by atomic mass is 15.5. The van der Waals surface area contributed by atoms with E-state index in [0.29, 0.717) is 6.04 Å². The van der Waals surface area contributed by atoms with Gasteiger partial charge in [0, 0.05) is 11.3 Å². The lowest BCUT2D eigenvalue weighted by molar-refractivity contribution is 0.265. The minimum atomic E-state index is 0.408. The lowest BCUT2D eigenvalue weighted by atomic mass is 9.87. The predicted octanol–water partition coefficient (Wildman–Crippen LogP) is 2.98. The molecule has 0 amide bonds. The van der Waals surface area contributed by atoms with Gasteiger partial charge in [-0.1, -0.05) is 19.8 Å². The molecule has 5 heteroatoms. The molecule has 0 spiro atoms. The molecule has 0 aliphatic heterocycles. The molecule has 20 heavy (non-hydrogen) atoms. The molecule has 1 fully saturated rings. The minimum absolute atomic E-state index is 0.408. The van der Waals surface area contributed by atoms with Crippen molar-refractivity contribution in [1.82, 2.24) is 20.2 Å². The summed E-state index contributed by atoms with van der Waals surface area (Å²) in [6.45, 7) is 4.34. The molecule has 1 aliphatic carbocycles. The summed E-state index contributed by atoms with van der Waals surface area (Å²) in [7, 11) is 0. The smallest absolute Gasteiger partial charge is 0.182 e. The van der Waals surface area contributed by atoms with Crippen LogP contribution in [0, 0.1) is 12.8 Å². The number of nitrogen functional groups attached to an aromatic ring is 1. The molecule has 1 aromatic carbocycles. The number of nitrogens with two attached hydrogens (primary N) is 1. The normalized spacial score (nSPS) is 22.9. The van der Waals surface area contributed by atoms with E-state index in [0.717, 1.165) is 41.4 Å². The summed E-state index contributed by atoms with van der Waals surface area (Å²) in [6, 6.07) is 6.40. The van der Waals surface area contributed by atoms with Crippen LogP contribution in [0.4, 0.5) is 5.69 Å². The molecular weight excluding hydrogens is 250 g/mol. The molecule has 2 unspecified atom stereocenters. The van der Waals surface area contributed by atoms with E-state index in [4.69, 9.17) is 5.73 Å². The van der Waals surface area contributed by atoms with Gasteiger partial charge in [-0.05, 0) is 59.9 Å². The quantitative estimate of drug-likeness (QED) is 0.852. The topological polar surface area (TPSA) is 69.6 Å². The van der Waals surface area contributed by atoms with Crippen LogP contribution in [0.25, 0.3) is 11.4 Å². The van der Waals surface area contributed by atoms with Gasteiger partial charge in [-0.15, -0.1) is 5.10 Å². The molecular formula is C15H21N5. The van der Waals surface area contributed by atoms with E-state index in [-0.39, 0.29) is 0 Å². The lowest BCUT2D eigenvalue weighted by Crippen LogP contribution is -2.19. The summed E-state index contributed by atoms with van der Waals surface area (Å²) in [4.78, 5) is 0. The second kappa shape index (κ2) is 5.23. The fraction of sp³-hybridized carbons (Fsp3) is 0.533. The lowest BCUT2D eigenvalue weighted by Gasteiger charge is -2.27. The van der Waals surface area contributed by atoms with Gasteiger partial charge >= 0.3 is 0 Å². The summed E-state index contributed by atoms with van der Waals surface area (Å²) < 4.78 is 1.99. The maximum absolute atomic E-state index is 5.94. The van der Waals surface area contributed by atoms with Gasteiger partial charge < -0.3 is 5.73 Å². The number of hydrogen-bond donors (Lipinski definition) is 1. The van der Waals surface area contributed by atoms with E-state index in [9.17, 15) is 0 Å². The molecule has 1 heterocycles. The molecule has 1 saturated carbocycles. The van der Waals surface area contributed by atoms with Crippen LogP contribution in [0.15, 0.2) is 18.2 Å². The van der Waals surface area contributed by atoms with Crippen molar-refractivity contribution < 1.29 is 0 Å². The molecule has 2 atom stereocenters. The van der Waals surface area contributed by atoms with Crippen molar-refractivity contribution in [2.24, 2.45) is 5.92 Å². The number of nitrogens with zero attached hydrogens (tertiary/aromatic N) is 4. The van der Waals surface area contributed by atoms with E-state index in [1.807, 2.05) is 23.7 Å². The van der Waals surface area contributed by atoms with Crippen molar-refractivity contribution in [3.8, 4) is 11.4 Å². The molecule has 106 valence electrons. The summed E-state index contributed by atoms with van der Waals surface area (Å²) in [5.74, 6) is 1.58. The SMILES string of the molecule is Cc1cc(N)cc(-c2nnnn2C2CCCC(C)C2)c1. The molecule has 3 rings (SSSR count). The Morgan fingerprint density at radius 1 is 1.25 bits per heavy atom. The van der Waals surface area contributed by atoms with Crippen molar-refractivity contribution in [3.05, 3.63) is 23.8 Å². The second-order valence-corrected chi connectivity index (χ2v) is 6.01. The third-order valence-electron chi connectivity index (χ3n) is 4.11. The highest BCUT2D eigenvalue weighted by molar-refractivity contribution is 5.62. The Morgan fingerprint density at radius 2 is 2.10 bits per heavy atom. The standard InChI is InChI=1S/C15H21N5/c1-10-4-3-5-14(8-10)20-15(17-18-19-20)12-6-11(2)7-13(16)9-12/h6-7,9-10,14H,3-5,8,16H2,1-2H3. The molecule has 1 aromatic heterocycles. The van der Waals surface area contributed by atoms with Crippen LogP contribution in [-0.2, 0) is 0 Å². The third kappa shape index (κ3) is 2.53. The molecule has 0 saturated heterocycles. The van der Waals surface area contributed by atoms with E-state index in [1.165, 1.54) is 12.8 Å². The van der Waals surface area contributed by atoms with Crippen molar-refractivity contribution in [1.29, 1.82) is 0 Å². The largest absolute Gasteiger partial charge is 0.399 e. The predicted molar refractivity (Wildman–Crippen MR) is 79.1 cm³/mol. The van der Waals surface area contributed by atoms with Crippen LogP contribution < -0.4 is 5.73 Å². The van der Waals surface area contributed by atoms with Crippen molar-refractivity contribution in [2.75, 3.05) is 5.73 Å². The first kappa shape index (κ1) is 13.1. The summed E-state index contributed by atoms with van der Waals surface area (Å²) in [6.07, 6.45) is 4.87. The van der Waals surface area contributed by atoms with Gasteiger partial charge in [0.05, 0.1) is 6.04 Å². The van der Waals surface area contributed by atoms with E-state index in [2.05, 4.69) is 28.5 Å². The Balaban J connectivity index is 1.97. The number of benzene rings is 1. The highest BCUT2D eigenvalue weighted by Crippen LogP contribution is 2.34. The number of anilines is 1. The van der Waals surface area contributed by atoms with Gasteiger partial charge in [0.2, 0.25) is 0 Å². The Hall–Kier alpha value is -1.91. The zero-order chi connectivity index (χ0) is 14.1. The maximum Gasteiger partial charge on any atom is 0.182 e. The Labute approximate surface area is 119 Å². The van der Waals surface area contributed by atoms with Gasteiger partial charge in [0.25, 0.3) is 0 Å². The Morgan fingerprint density at radius 3 is 2.85 bits per heavy atom. The van der Waals surface area contributed by atoms with Crippen LogP contribution >= 0.6 is 0 Å². The first-order valence-corrected chi connectivity index (χ1v) is 7.29. The third-order valence-corrected chi connectivity index (χ3v) is 4.11. The average molecular weight is 271 g/mol. The van der Waals surface area contributed by atoms with Gasteiger partial charge in [0.15, 0.2) is 5.82 Å². The van der Waals surface area contributed by atoms with E-state index >= 15 is 0 Å². The first-order valence-electron chi connectivity index (χ1n) is 7.29. The number of aromatic nitrogens is 4. The van der Waals surface area contributed by atoms with Crippen LogP contribution in [0.2, 0.25) is 0 Å². The van der Waals surface area contributed by atoms with Crippen LogP contribution in [0.1, 0.15) is 44.2 Å². The van der Waals surface area contributed by atoms with Crippen molar-refractivity contribution in [3.63, 3.8) is 0 Å². The number of tetrazole rings is 1. The van der Waals surface area contributed by atoms with Gasteiger partial charge in [-0.2, -0.15) is 0 Å². The highest BCUT2D eigenvalue weighted by Gasteiger charge is 2.24. The molecule has 2 N–H and O–H groups in total. The van der Waals surface area contributed by atoms with Crippen LogP contribution in [0.3, 0.4) is 0 Å². The molecule has 0 radical (unpaired) electrons. The molecule has 1 aliphatic rings. The van der Waals surface area contributed by atoms with Crippen LogP contribution in [0.5, 0.6) is 0 Å². The Kier molecular flexibility index (Phi) is 3.42. The summed E-state index contributed by atoms with van der Waals surface area (Å²) in [5.41, 5.74) is 8.83. The van der Waals surface area contributed by atoms with Crippen molar-refractivity contribution in [2.45, 2.75) is 45.6 Å². The maximum atomic E-state index is 5.94. The fourth-order valence-corrected chi connectivity index (χ4v) is 3.20. The van der Waals surface area contributed by atoms with E-state index in [1.54, 1.807) is 0 Å². The van der Waals surface area contributed by atoms with Gasteiger partial charge in [-0.3, -0.25) is 0 Å². The monoisotopic (exact) mass is 271 g/mol. The Bertz CT molecular complexity index is 584. The van der Waals surface area contributed by atoms with Gasteiger partial charge in [0.1, 0.15) is 0 Å². The van der Waals surface area contributed by atoms with Crippen LogP contribution in [-0.4, -0.2) is 20.2 Å². The molecule has 5 nitrogen and oxygen atoms in total. The number of rotatable bonds is 2. The number of aryl methyl sites for hydroxylation is 1. The van der Waals surface area contributed by atoms with E-state index < -0.39 is 0 Å². The molecule has 0 bridgehead atoms. The second-order valence-electron chi connectivity index (χ2n) is 6.01. The zero-order valence-corrected chi connectivity index (χ0v) is 12.1. The van der Waals surface area contributed by atoms with Gasteiger partial charge in [-0.25, -0.2) is 4.68 Å². The summed E-state index contributed by atoms with van der Waals surface area (Å²) >= 11 is 0. The minimum Gasteiger partial charge on any atom is -0.399 e. The first-order chi connectivity index (χ1) is 9.63.